The summed E-state index contributed by atoms with van der Waals surface area (Å²) in [5.74, 6) is 0.131. The molecule has 1 aromatic heterocycles. The average Bonchev–Trinajstić information content (AvgIpc) is 3.01. The standard InChI is InChI=1S/C18H23NO4S/c1-21-13-23-16-11-19(12-16)18(20)5-8-22-7-4-14-2-3-17-15(10-14)6-9-24-17/h2-3,6,9-10,16H,4-5,7-8,11-13H2,1H3. The summed E-state index contributed by atoms with van der Waals surface area (Å²) >= 11 is 1.76. The molecule has 0 aliphatic carbocycles. The van der Waals surface area contributed by atoms with E-state index in [9.17, 15) is 4.79 Å². The summed E-state index contributed by atoms with van der Waals surface area (Å²) in [7, 11) is 1.59. The van der Waals surface area contributed by atoms with Crippen molar-refractivity contribution in [3.8, 4) is 0 Å². The van der Waals surface area contributed by atoms with Gasteiger partial charge >= 0.3 is 0 Å². The fourth-order valence-electron chi connectivity index (χ4n) is 2.69. The van der Waals surface area contributed by atoms with Crippen molar-refractivity contribution < 1.29 is 19.0 Å². The van der Waals surface area contributed by atoms with Gasteiger partial charge in [-0.15, -0.1) is 11.3 Å². The number of ether oxygens (including phenoxy) is 3. The van der Waals surface area contributed by atoms with Crippen LogP contribution in [0.3, 0.4) is 0 Å². The predicted octanol–water partition coefficient (Wildman–Crippen LogP) is 2.68. The minimum atomic E-state index is 0.113. The number of amides is 1. The molecular weight excluding hydrogens is 326 g/mol. The van der Waals surface area contributed by atoms with Crippen molar-refractivity contribution in [3.63, 3.8) is 0 Å². The van der Waals surface area contributed by atoms with E-state index in [0.717, 1.165) is 6.42 Å². The van der Waals surface area contributed by atoms with Crippen LogP contribution in [-0.2, 0) is 25.4 Å². The van der Waals surface area contributed by atoms with Gasteiger partial charge in [-0.3, -0.25) is 4.79 Å². The van der Waals surface area contributed by atoms with E-state index in [1.807, 2.05) is 0 Å². The van der Waals surface area contributed by atoms with Crippen LogP contribution in [0.4, 0.5) is 0 Å². The second-order valence-electron chi connectivity index (χ2n) is 5.90. The third-order valence-electron chi connectivity index (χ3n) is 4.13. The van der Waals surface area contributed by atoms with E-state index in [0.29, 0.717) is 32.7 Å². The van der Waals surface area contributed by atoms with E-state index in [2.05, 4.69) is 29.6 Å². The number of carbonyl (C=O) groups is 1. The van der Waals surface area contributed by atoms with Crippen LogP contribution in [0.25, 0.3) is 10.1 Å². The molecule has 1 amide bonds. The number of thiophene rings is 1. The Morgan fingerprint density at radius 3 is 3.00 bits per heavy atom. The van der Waals surface area contributed by atoms with Gasteiger partial charge in [0.15, 0.2) is 0 Å². The Hall–Kier alpha value is -1.47. The number of rotatable bonds is 9. The summed E-state index contributed by atoms with van der Waals surface area (Å²) in [6, 6.07) is 8.65. The Kier molecular flexibility index (Phi) is 6.20. The molecule has 0 radical (unpaired) electrons. The van der Waals surface area contributed by atoms with Gasteiger partial charge in [0.1, 0.15) is 6.79 Å². The number of fused-ring (bicyclic) bond motifs is 1. The summed E-state index contributed by atoms with van der Waals surface area (Å²) in [5.41, 5.74) is 1.27. The summed E-state index contributed by atoms with van der Waals surface area (Å²) in [6.07, 6.45) is 1.42. The van der Waals surface area contributed by atoms with E-state index < -0.39 is 0 Å². The smallest absolute Gasteiger partial charge is 0.225 e. The first kappa shape index (κ1) is 17.4. The first-order valence-corrected chi connectivity index (χ1v) is 9.06. The monoisotopic (exact) mass is 349 g/mol. The second-order valence-corrected chi connectivity index (χ2v) is 6.85. The Morgan fingerprint density at radius 1 is 1.29 bits per heavy atom. The molecule has 5 nitrogen and oxygen atoms in total. The third kappa shape index (κ3) is 4.54. The minimum absolute atomic E-state index is 0.113. The fourth-order valence-corrected chi connectivity index (χ4v) is 3.46. The summed E-state index contributed by atoms with van der Waals surface area (Å²) < 4.78 is 17.2. The predicted molar refractivity (Wildman–Crippen MR) is 94.3 cm³/mol. The molecule has 6 heteroatoms. The van der Waals surface area contributed by atoms with Crippen LogP contribution in [0.1, 0.15) is 12.0 Å². The minimum Gasteiger partial charge on any atom is -0.381 e. The summed E-state index contributed by atoms with van der Waals surface area (Å²) in [5, 5.41) is 3.40. The van der Waals surface area contributed by atoms with Crippen LogP contribution in [-0.4, -0.2) is 57.1 Å². The number of methoxy groups -OCH3 is 1. The van der Waals surface area contributed by atoms with Gasteiger partial charge in [0.2, 0.25) is 5.91 Å². The normalized spacial score (nSPS) is 15.0. The van der Waals surface area contributed by atoms with E-state index in [1.165, 1.54) is 15.6 Å². The van der Waals surface area contributed by atoms with E-state index in [4.69, 9.17) is 14.2 Å². The van der Waals surface area contributed by atoms with E-state index in [1.54, 1.807) is 23.3 Å². The largest absolute Gasteiger partial charge is 0.381 e. The molecule has 0 atom stereocenters. The molecule has 0 spiro atoms. The molecule has 1 aliphatic rings. The summed E-state index contributed by atoms with van der Waals surface area (Å²) in [6.45, 7) is 2.71. The number of carbonyl (C=O) groups excluding carboxylic acids is 1. The van der Waals surface area contributed by atoms with E-state index in [-0.39, 0.29) is 18.8 Å². The van der Waals surface area contributed by atoms with Crippen LogP contribution in [0.2, 0.25) is 0 Å². The highest BCUT2D eigenvalue weighted by atomic mass is 32.1. The number of hydrogen-bond acceptors (Lipinski definition) is 5. The highest BCUT2D eigenvalue weighted by Gasteiger charge is 2.30. The molecular formula is C18H23NO4S. The first-order chi connectivity index (χ1) is 11.8. The molecule has 24 heavy (non-hydrogen) atoms. The molecule has 130 valence electrons. The number of likely N-dealkylation sites (tertiary alicyclic amines) is 1. The zero-order valence-electron chi connectivity index (χ0n) is 13.9. The molecule has 1 fully saturated rings. The SMILES string of the molecule is COCOC1CN(C(=O)CCOCCc2ccc3sccc3c2)C1. The van der Waals surface area contributed by atoms with Crippen molar-refractivity contribution in [1.82, 2.24) is 4.90 Å². The molecule has 3 rings (SSSR count). The highest BCUT2D eigenvalue weighted by molar-refractivity contribution is 7.17. The van der Waals surface area contributed by atoms with Crippen LogP contribution in [0.15, 0.2) is 29.6 Å². The molecule has 0 bridgehead atoms. The maximum Gasteiger partial charge on any atom is 0.225 e. The van der Waals surface area contributed by atoms with Crippen molar-refractivity contribution in [2.24, 2.45) is 0 Å². The summed E-state index contributed by atoms with van der Waals surface area (Å²) in [4.78, 5) is 13.8. The van der Waals surface area contributed by atoms with Gasteiger partial charge < -0.3 is 19.1 Å². The number of benzene rings is 1. The molecule has 0 saturated carbocycles. The Labute approximate surface area is 146 Å². The van der Waals surface area contributed by atoms with Crippen molar-refractivity contribution >= 4 is 27.3 Å². The Morgan fingerprint density at radius 2 is 2.17 bits per heavy atom. The number of nitrogens with zero attached hydrogens (tertiary/aromatic N) is 1. The molecule has 2 aromatic rings. The van der Waals surface area contributed by atoms with Gasteiger partial charge in [-0.2, -0.15) is 0 Å². The van der Waals surface area contributed by atoms with Gasteiger partial charge in [-0.05, 0) is 34.9 Å². The lowest BCUT2D eigenvalue weighted by molar-refractivity contribution is -0.156. The fraction of sp³-hybridized carbons (Fsp3) is 0.500. The van der Waals surface area contributed by atoms with Gasteiger partial charge in [0, 0.05) is 24.9 Å². The van der Waals surface area contributed by atoms with Crippen LogP contribution in [0.5, 0.6) is 0 Å². The maximum absolute atomic E-state index is 12.0. The quantitative estimate of drug-likeness (QED) is 0.516. The highest BCUT2D eigenvalue weighted by Crippen LogP contribution is 2.22. The van der Waals surface area contributed by atoms with Crippen molar-refractivity contribution in [2.75, 3.05) is 40.2 Å². The van der Waals surface area contributed by atoms with Crippen LogP contribution in [0, 0.1) is 0 Å². The molecule has 1 aliphatic heterocycles. The molecule has 0 unspecified atom stereocenters. The Bertz CT molecular complexity index is 666. The average molecular weight is 349 g/mol. The van der Waals surface area contributed by atoms with Gasteiger partial charge in [-0.1, -0.05) is 12.1 Å². The topological polar surface area (TPSA) is 48.0 Å². The van der Waals surface area contributed by atoms with E-state index >= 15 is 0 Å². The van der Waals surface area contributed by atoms with Crippen molar-refractivity contribution in [2.45, 2.75) is 18.9 Å². The van der Waals surface area contributed by atoms with Crippen LogP contribution < -0.4 is 0 Å². The maximum atomic E-state index is 12.0. The van der Waals surface area contributed by atoms with Crippen LogP contribution >= 0.6 is 11.3 Å². The van der Waals surface area contributed by atoms with Crippen molar-refractivity contribution in [1.29, 1.82) is 0 Å². The Balaban J connectivity index is 1.28. The number of hydrogen-bond donors (Lipinski definition) is 0. The van der Waals surface area contributed by atoms with Gasteiger partial charge in [0.25, 0.3) is 0 Å². The van der Waals surface area contributed by atoms with Crippen molar-refractivity contribution in [3.05, 3.63) is 35.2 Å². The molecule has 1 aromatic carbocycles. The van der Waals surface area contributed by atoms with Gasteiger partial charge in [-0.25, -0.2) is 0 Å². The van der Waals surface area contributed by atoms with Gasteiger partial charge in [0.05, 0.1) is 25.7 Å². The zero-order chi connectivity index (χ0) is 16.8. The lowest BCUT2D eigenvalue weighted by atomic mass is 10.1. The second kappa shape index (κ2) is 8.58. The lowest BCUT2D eigenvalue weighted by Gasteiger charge is -2.38. The molecule has 0 N–H and O–H groups in total. The zero-order valence-corrected chi connectivity index (χ0v) is 14.7. The first-order valence-electron chi connectivity index (χ1n) is 8.18. The molecule has 1 saturated heterocycles. The molecule has 2 heterocycles. The lowest BCUT2D eigenvalue weighted by Crippen LogP contribution is -2.55. The third-order valence-corrected chi connectivity index (χ3v) is 5.03.